The van der Waals surface area contributed by atoms with Gasteiger partial charge >= 0.3 is 0 Å². The maximum Gasteiger partial charge on any atom is 0.265 e. The maximum absolute atomic E-state index is 12.5. The van der Waals surface area contributed by atoms with Gasteiger partial charge in [0.25, 0.3) is 11.8 Å². The number of ether oxygens (including phenoxy) is 1. The highest BCUT2D eigenvalue weighted by molar-refractivity contribution is 8.04. The van der Waals surface area contributed by atoms with Gasteiger partial charge in [-0.2, -0.15) is 0 Å². The van der Waals surface area contributed by atoms with Gasteiger partial charge in [0.2, 0.25) is 0 Å². The van der Waals surface area contributed by atoms with Crippen molar-refractivity contribution in [2.75, 3.05) is 17.7 Å². The summed E-state index contributed by atoms with van der Waals surface area (Å²) in [5, 5.41) is 5.78. The van der Waals surface area contributed by atoms with E-state index in [1.54, 1.807) is 31.2 Å². The lowest BCUT2D eigenvalue weighted by Gasteiger charge is -2.18. The quantitative estimate of drug-likeness (QED) is 0.771. The largest absolute Gasteiger partial charge is 0.496 e. The molecule has 0 bridgehead atoms. The summed E-state index contributed by atoms with van der Waals surface area (Å²) in [6, 6.07) is 15.1. The van der Waals surface area contributed by atoms with Crippen LogP contribution in [0.5, 0.6) is 0 Å². The molecule has 1 heterocycles. The van der Waals surface area contributed by atoms with Crippen molar-refractivity contribution in [3.8, 4) is 0 Å². The maximum atomic E-state index is 12.5. The SMILES string of the molecule is CCc1cccc(CNC(=O)c2cccc(NC(=O)C3=C(C)OCCS3)c2)c1. The number of carbonyl (C=O) groups is 2. The first kappa shape index (κ1) is 20.0. The van der Waals surface area contributed by atoms with Crippen LogP contribution >= 0.6 is 11.8 Å². The third-order valence-corrected chi connectivity index (χ3v) is 5.54. The molecule has 1 aliphatic rings. The molecule has 0 saturated heterocycles. The highest BCUT2D eigenvalue weighted by Crippen LogP contribution is 2.26. The highest BCUT2D eigenvalue weighted by atomic mass is 32.2. The average Bonchev–Trinajstić information content (AvgIpc) is 2.72. The zero-order valence-corrected chi connectivity index (χ0v) is 16.9. The Labute approximate surface area is 169 Å². The van der Waals surface area contributed by atoms with E-state index in [0.717, 1.165) is 17.7 Å². The number of hydrogen-bond acceptors (Lipinski definition) is 4. The summed E-state index contributed by atoms with van der Waals surface area (Å²) in [5.41, 5.74) is 3.39. The molecule has 0 fully saturated rings. The van der Waals surface area contributed by atoms with Crippen molar-refractivity contribution in [1.29, 1.82) is 0 Å². The van der Waals surface area contributed by atoms with Gasteiger partial charge in [0.15, 0.2) is 0 Å². The Kier molecular flexibility index (Phi) is 6.76. The predicted molar refractivity (Wildman–Crippen MR) is 113 cm³/mol. The lowest BCUT2D eigenvalue weighted by Crippen LogP contribution is -2.23. The fraction of sp³-hybridized carbons (Fsp3) is 0.273. The van der Waals surface area contributed by atoms with E-state index in [1.807, 2.05) is 12.1 Å². The van der Waals surface area contributed by atoms with E-state index in [9.17, 15) is 9.59 Å². The zero-order valence-electron chi connectivity index (χ0n) is 16.1. The van der Waals surface area contributed by atoms with E-state index in [-0.39, 0.29) is 11.8 Å². The molecule has 2 N–H and O–H groups in total. The summed E-state index contributed by atoms with van der Waals surface area (Å²) < 4.78 is 5.44. The van der Waals surface area contributed by atoms with Crippen molar-refractivity contribution in [3.63, 3.8) is 0 Å². The summed E-state index contributed by atoms with van der Waals surface area (Å²) in [4.78, 5) is 25.5. The van der Waals surface area contributed by atoms with E-state index < -0.39 is 0 Å². The number of thioether (sulfide) groups is 1. The van der Waals surface area contributed by atoms with E-state index in [0.29, 0.717) is 35.1 Å². The number of benzene rings is 2. The molecule has 2 amide bonds. The third-order valence-electron chi connectivity index (χ3n) is 4.41. The lowest BCUT2D eigenvalue weighted by atomic mass is 10.1. The molecule has 0 saturated carbocycles. The van der Waals surface area contributed by atoms with Gasteiger partial charge in [0.1, 0.15) is 10.7 Å². The van der Waals surface area contributed by atoms with Gasteiger partial charge in [0, 0.05) is 23.5 Å². The molecule has 6 heteroatoms. The number of aryl methyl sites for hydroxylation is 1. The van der Waals surface area contributed by atoms with Gasteiger partial charge in [-0.3, -0.25) is 9.59 Å². The molecular weight excluding hydrogens is 372 g/mol. The molecule has 0 spiro atoms. The molecule has 0 unspecified atom stereocenters. The van der Waals surface area contributed by atoms with Crippen molar-refractivity contribution in [2.24, 2.45) is 0 Å². The summed E-state index contributed by atoms with van der Waals surface area (Å²) in [7, 11) is 0. The topological polar surface area (TPSA) is 67.4 Å². The van der Waals surface area contributed by atoms with E-state index in [4.69, 9.17) is 4.74 Å². The summed E-state index contributed by atoms with van der Waals surface area (Å²) in [6.45, 7) is 4.97. The lowest BCUT2D eigenvalue weighted by molar-refractivity contribution is -0.112. The Hall–Kier alpha value is -2.73. The molecule has 0 radical (unpaired) electrons. The number of anilines is 1. The minimum Gasteiger partial charge on any atom is -0.496 e. The second-order valence-corrected chi connectivity index (χ2v) is 7.58. The Morgan fingerprint density at radius 3 is 2.64 bits per heavy atom. The third kappa shape index (κ3) is 5.16. The minimum atomic E-state index is -0.212. The van der Waals surface area contributed by atoms with Crippen molar-refractivity contribution >= 4 is 29.3 Å². The van der Waals surface area contributed by atoms with E-state index in [1.165, 1.54) is 17.3 Å². The molecule has 28 heavy (non-hydrogen) atoms. The first-order chi connectivity index (χ1) is 13.6. The molecule has 1 aliphatic heterocycles. The fourth-order valence-electron chi connectivity index (χ4n) is 2.90. The molecule has 2 aromatic carbocycles. The molecule has 146 valence electrons. The van der Waals surface area contributed by atoms with Crippen LogP contribution in [-0.2, 0) is 22.5 Å². The van der Waals surface area contributed by atoms with Gasteiger partial charge in [-0.05, 0) is 42.7 Å². The van der Waals surface area contributed by atoms with E-state index in [2.05, 4.69) is 29.7 Å². The smallest absolute Gasteiger partial charge is 0.265 e. The Morgan fingerprint density at radius 2 is 1.86 bits per heavy atom. The van der Waals surface area contributed by atoms with Gasteiger partial charge < -0.3 is 15.4 Å². The molecule has 0 atom stereocenters. The average molecular weight is 397 g/mol. The fourth-order valence-corrected chi connectivity index (χ4v) is 3.72. The van der Waals surface area contributed by atoms with Crippen LogP contribution in [0.15, 0.2) is 59.2 Å². The number of carbonyl (C=O) groups excluding carboxylic acids is 2. The first-order valence-electron chi connectivity index (χ1n) is 9.30. The van der Waals surface area contributed by atoms with Crippen LogP contribution in [-0.4, -0.2) is 24.2 Å². The van der Waals surface area contributed by atoms with Gasteiger partial charge in [0.05, 0.1) is 6.61 Å². The monoisotopic (exact) mass is 396 g/mol. The number of amides is 2. The van der Waals surface area contributed by atoms with Crippen LogP contribution in [0.2, 0.25) is 0 Å². The predicted octanol–water partition coefficient (Wildman–Crippen LogP) is 4.11. The highest BCUT2D eigenvalue weighted by Gasteiger charge is 2.19. The van der Waals surface area contributed by atoms with Crippen molar-refractivity contribution in [3.05, 3.63) is 75.9 Å². The normalized spacial score (nSPS) is 13.6. The van der Waals surface area contributed by atoms with Crippen molar-refractivity contribution < 1.29 is 14.3 Å². The molecular formula is C22H24N2O3S. The van der Waals surface area contributed by atoms with Gasteiger partial charge in [-0.15, -0.1) is 11.8 Å². The molecule has 0 aliphatic carbocycles. The second kappa shape index (κ2) is 9.46. The van der Waals surface area contributed by atoms with Crippen molar-refractivity contribution in [2.45, 2.75) is 26.8 Å². The van der Waals surface area contributed by atoms with Gasteiger partial charge in [-0.25, -0.2) is 0 Å². The van der Waals surface area contributed by atoms with Crippen LogP contribution in [0.1, 0.15) is 35.3 Å². The summed E-state index contributed by atoms with van der Waals surface area (Å²) in [5.74, 6) is 0.999. The molecule has 0 aromatic heterocycles. The summed E-state index contributed by atoms with van der Waals surface area (Å²) >= 11 is 1.48. The van der Waals surface area contributed by atoms with Crippen LogP contribution in [0, 0.1) is 0 Å². The van der Waals surface area contributed by atoms with Crippen LogP contribution in [0.25, 0.3) is 0 Å². The van der Waals surface area contributed by atoms with E-state index >= 15 is 0 Å². The molecule has 5 nitrogen and oxygen atoms in total. The number of rotatable bonds is 6. The number of hydrogen-bond donors (Lipinski definition) is 2. The number of allylic oxidation sites excluding steroid dienone is 1. The Balaban J connectivity index is 1.63. The zero-order chi connectivity index (χ0) is 19.9. The minimum absolute atomic E-state index is 0.177. The number of nitrogens with one attached hydrogen (secondary N) is 2. The van der Waals surface area contributed by atoms with Gasteiger partial charge in [-0.1, -0.05) is 37.3 Å². The Morgan fingerprint density at radius 1 is 1.07 bits per heavy atom. The summed E-state index contributed by atoms with van der Waals surface area (Å²) in [6.07, 6.45) is 0.961. The molecule has 2 aromatic rings. The Bertz CT molecular complexity index is 908. The first-order valence-corrected chi connectivity index (χ1v) is 10.3. The van der Waals surface area contributed by atoms with Crippen LogP contribution in [0.3, 0.4) is 0 Å². The second-order valence-electron chi connectivity index (χ2n) is 6.47. The van der Waals surface area contributed by atoms with Crippen LogP contribution in [0.4, 0.5) is 5.69 Å². The molecule has 3 rings (SSSR count). The van der Waals surface area contributed by atoms with Crippen LogP contribution < -0.4 is 10.6 Å². The van der Waals surface area contributed by atoms with Crippen molar-refractivity contribution in [1.82, 2.24) is 5.32 Å². The standard InChI is InChI=1S/C22H24N2O3S/c1-3-16-6-4-7-17(12-16)14-23-21(25)18-8-5-9-19(13-18)24-22(26)20-15(2)27-10-11-28-20/h4-9,12-13H,3,10-11,14H2,1-2H3,(H,23,25)(H,24,26).